The van der Waals surface area contributed by atoms with Crippen molar-refractivity contribution in [3.63, 3.8) is 0 Å². The molecule has 0 amide bonds. The molecule has 1 N–H and O–H groups in total. The van der Waals surface area contributed by atoms with Crippen molar-refractivity contribution >= 4 is 5.96 Å². The zero-order chi connectivity index (χ0) is 19.9. The van der Waals surface area contributed by atoms with Crippen molar-refractivity contribution in [1.82, 2.24) is 10.2 Å². The van der Waals surface area contributed by atoms with Crippen molar-refractivity contribution in [2.75, 3.05) is 47.1 Å². The molecule has 0 heterocycles. The van der Waals surface area contributed by atoms with Gasteiger partial charge in [-0.05, 0) is 37.5 Å². The van der Waals surface area contributed by atoms with Crippen molar-refractivity contribution in [2.24, 2.45) is 4.99 Å². The second-order valence-electron chi connectivity index (χ2n) is 5.93. The average molecular weight is 387 g/mol. The summed E-state index contributed by atoms with van der Waals surface area (Å²) in [7, 11) is 3.60. The summed E-state index contributed by atoms with van der Waals surface area (Å²) in [5.74, 6) is 0.968. The monoisotopic (exact) mass is 387 g/mol. The van der Waals surface area contributed by atoms with E-state index in [9.17, 15) is 8.78 Å². The van der Waals surface area contributed by atoms with Gasteiger partial charge in [0.05, 0.1) is 13.2 Å². The Kier molecular flexibility index (Phi) is 12.1. The van der Waals surface area contributed by atoms with E-state index in [0.29, 0.717) is 32.9 Å². The zero-order valence-corrected chi connectivity index (χ0v) is 16.4. The number of halogens is 2. The minimum absolute atomic E-state index is 0.157. The van der Waals surface area contributed by atoms with E-state index in [4.69, 9.17) is 9.47 Å². The number of nitrogens with one attached hydrogen (secondary N) is 1. The normalized spacial score (nSPS) is 11.7. The van der Waals surface area contributed by atoms with Gasteiger partial charge in [-0.15, -0.1) is 0 Å². The van der Waals surface area contributed by atoms with E-state index in [-0.39, 0.29) is 5.75 Å². The average Bonchev–Trinajstić information content (AvgIpc) is 2.64. The second kappa shape index (κ2) is 14.2. The molecule has 154 valence electrons. The highest BCUT2D eigenvalue weighted by Crippen LogP contribution is 2.15. The highest BCUT2D eigenvalue weighted by molar-refractivity contribution is 5.79. The third kappa shape index (κ3) is 10.7. The fourth-order valence-corrected chi connectivity index (χ4v) is 2.34. The lowest BCUT2D eigenvalue weighted by atomic mass is 10.2. The van der Waals surface area contributed by atoms with Crippen LogP contribution in [0.25, 0.3) is 0 Å². The Morgan fingerprint density at radius 2 is 1.89 bits per heavy atom. The van der Waals surface area contributed by atoms with Gasteiger partial charge in [-0.2, -0.15) is 8.78 Å². The van der Waals surface area contributed by atoms with E-state index in [0.717, 1.165) is 30.9 Å². The first-order valence-corrected chi connectivity index (χ1v) is 9.16. The van der Waals surface area contributed by atoms with Crippen LogP contribution >= 0.6 is 0 Å². The van der Waals surface area contributed by atoms with Gasteiger partial charge in [0, 0.05) is 40.4 Å². The topological polar surface area (TPSA) is 55.3 Å². The number of rotatable bonds is 13. The molecule has 0 unspecified atom stereocenters. The number of guanidine groups is 1. The van der Waals surface area contributed by atoms with Crippen molar-refractivity contribution < 1.29 is 23.0 Å². The molecule has 0 aliphatic rings. The number of alkyl halides is 2. The molecule has 8 heteroatoms. The first-order valence-electron chi connectivity index (χ1n) is 9.16. The van der Waals surface area contributed by atoms with E-state index < -0.39 is 6.61 Å². The minimum atomic E-state index is -2.81. The first kappa shape index (κ1) is 23.1. The summed E-state index contributed by atoms with van der Waals surface area (Å²) in [4.78, 5) is 6.63. The Balaban J connectivity index is 2.43. The number of benzene rings is 1. The molecule has 0 aliphatic heterocycles. The quantitative estimate of drug-likeness (QED) is 0.320. The molecule has 0 spiro atoms. The Hall–Kier alpha value is -1.93. The van der Waals surface area contributed by atoms with Crippen LogP contribution in [0.3, 0.4) is 0 Å². The van der Waals surface area contributed by atoms with Crippen LogP contribution in [0.15, 0.2) is 29.3 Å². The van der Waals surface area contributed by atoms with Gasteiger partial charge in [-0.1, -0.05) is 12.1 Å². The summed E-state index contributed by atoms with van der Waals surface area (Å²) in [5, 5.41) is 3.26. The lowest BCUT2D eigenvalue weighted by Crippen LogP contribution is -2.38. The summed E-state index contributed by atoms with van der Waals surface area (Å²) in [6, 6.07) is 6.64. The van der Waals surface area contributed by atoms with E-state index in [1.807, 2.05) is 18.9 Å². The van der Waals surface area contributed by atoms with Gasteiger partial charge >= 0.3 is 6.61 Å². The van der Waals surface area contributed by atoms with Gasteiger partial charge in [-0.3, -0.25) is 4.99 Å². The van der Waals surface area contributed by atoms with Crippen LogP contribution in [0.4, 0.5) is 8.78 Å². The molecule has 6 nitrogen and oxygen atoms in total. The molecule has 0 radical (unpaired) electrons. The zero-order valence-electron chi connectivity index (χ0n) is 16.4. The van der Waals surface area contributed by atoms with Crippen LogP contribution in [0, 0.1) is 0 Å². The lowest BCUT2D eigenvalue weighted by Gasteiger charge is -2.22. The molecule has 0 fully saturated rings. The number of nitrogens with zero attached hydrogens (tertiary/aromatic N) is 2. The SMILES string of the molecule is CCNC(=NCCCCOCCOC)N(C)Cc1ccc(OC(F)F)cc1. The number of ether oxygens (including phenoxy) is 3. The van der Waals surface area contributed by atoms with Gasteiger partial charge < -0.3 is 24.4 Å². The third-order valence-corrected chi connectivity index (χ3v) is 3.65. The largest absolute Gasteiger partial charge is 0.435 e. The van der Waals surface area contributed by atoms with Crippen LogP contribution < -0.4 is 10.1 Å². The molecule has 1 aromatic rings. The van der Waals surface area contributed by atoms with Crippen LogP contribution in [-0.2, 0) is 16.0 Å². The molecule has 1 rings (SSSR count). The summed E-state index contributed by atoms with van der Waals surface area (Å²) in [5.41, 5.74) is 0.983. The Labute approximate surface area is 160 Å². The molecule has 1 aromatic carbocycles. The van der Waals surface area contributed by atoms with Crippen molar-refractivity contribution in [3.05, 3.63) is 29.8 Å². The van der Waals surface area contributed by atoms with Crippen LogP contribution in [0.5, 0.6) is 5.75 Å². The number of unbranched alkanes of at least 4 members (excludes halogenated alkanes) is 1. The predicted octanol–water partition coefficient (Wildman–Crippen LogP) is 3.13. The summed E-state index contributed by atoms with van der Waals surface area (Å²) < 4.78 is 39.1. The molecule has 27 heavy (non-hydrogen) atoms. The van der Waals surface area contributed by atoms with Crippen LogP contribution in [0.2, 0.25) is 0 Å². The fraction of sp³-hybridized carbons (Fsp3) is 0.632. The van der Waals surface area contributed by atoms with Crippen LogP contribution in [-0.4, -0.2) is 64.5 Å². The minimum Gasteiger partial charge on any atom is -0.435 e. The highest BCUT2D eigenvalue weighted by atomic mass is 19.3. The van der Waals surface area contributed by atoms with E-state index in [1.54, 1.807) is 31.4 Å². The fourth-order valence-electron chi connectivity index (χ4n) is 2.34. The molecular formula is C19H31F2N3O3. The summed E-state index contributed by atoms with van der Waals surface area (Å²) >= 11 is 0. The van der Waals surface area contributed by atoms with Crippen molar-refractivity contribution in [3.8, 4) is 5.75 Å². The van der Waals surface area contributed by atoms with Gasteiger partial charge in [0.2, 0.25) is 0 Å². The summed E-state index contributed by atoms with van der Waals surface area (Å²) in [6.07, 6.45) is 1.89. The number of hydrogen-bond acceptors (Lipinski definition) is 4. The third-order valence-electron chi connectivity index (χ3n) is 3.65. The van der Waals surface area contributed by atoms with Crippen molar-refractivity contribution in [2.45, 2.75) is 32.9 Å². The lowest BCUT2D eigenvalue weighted by molar-refractivity contribution is -0.0498. The molecule has 0 saturated carbocycles. The van der Waals surface area contributed by atoms with Gasteiger partial charge in [0.15, 0.2) is 5.96 Å². The molecule has 0 atom stereocenters. The van der Waals surface area contributed by atoms with Gasteiger partial charge in [-0.25, -0.2) is 0 Å². The summed E-state index contributed by atoms with van der Waals surface area (Å²) in [6.45, 7) is 3.24. The van der Waals surface area contributed by atoms with E-state index >= 15 is 0 Å². The number of methoxy groups -OCH3 is 1. The van der Waals surface area contributed by atoms with Gasteiger partial charge in [0.25, 0.3) is 0 Å². The van der Waals surface area contributed by atoms with E-state index in [2.05, 4.69) is 15.0 Å². The first-order chi connectivity index (χ1) is 13.1. The maximum absolute atomic E-state index is 12.2. The molecular weight excluding hydrogens is 356 g/mol. The molecule has 0 aromatic heterocycles. The van der Waals surface area contributed by atoms with Gasteiger partial charge in [0.1, 0.15) is 5.75 Å². The standard InChI is InChI=1S/C19H31F2N3O3/c1-4-22-19(23-11-5-6-12-26-14-13-25-3)24(2)15-16-7-9-17(10-8-16)27-18(20)21/h7-10,18H,4-6,11-15H2,1-3H3,(H,22,23). The number of hydrogen-bond donors (Lipinski definition) is 1. The van der Waals surface area contributed by atoms with Crippen LogP contribution in [0.1, 0.15) is 25.3 Å². The highest BCUT2D eigenvalue weighted by Gasteiger charge is 2.08. The maximum atomic E-state index is 12.2. The van der Waals surface area contributed by atoms with Crippen molar-refractivity contribution in [1.29, 1.82) is 0 Å². The van der Waals surface area contributed by atoms with E-state index in [1.165, 1.54) is 0 Å². The predicted molar refractivity (Wildman–Crippen MR) is 102 cm³/mol. The maximum Gasteiger partial charge on any atom is 0.387 e. The number of aliphatic imine (C=N–C) groups is 1. The Bertz CT molecular complexity index is 527. The molecule has 0 saturated heterocycles. The molecule has 0 aliphatic carbocycles. The molecule has 0 bridgehead atoms. The Morgan fingerprint density at radius 3 is 2.52 bits per heavy atom. The second-order valence-corrected chi connectivity index (χ2v) is 5.93. The Morgan fingerprint density at radius 1 is 1.15 bits per heavy atom. The smallest absolute Gasteiger partial charge is 0.387 e.